The van der Waals surface area contributed by atoms with Gasteiger partial charge in [0.1, 0.15) is 0 Å². The van der Waals surface area contributed by atoms with E-state index in [2.05, 4.69) is 59.0 Å². The summed E-state index contributed by atoms with van der Waals surface area (Å²) in [6.45, 7) is 9.28. The van der Waals surface area contributed by atoms with E-state index < -0.39 is 0 Å². The summed E-state index contributed by atoms with van der Waals surface area (Å²) in [4.78, 5) is 14.6. The molecule has 0 saturated heterocycles. The summed E-state index contributed by atoms with van der Waals surface area (Å²) >= 11 is 1.45. The van der Waals surface area contributed by atoms with Gasteiger partial charge in [-0.25, -0.2) is 0 Å². The zero-order valence-electron chi connectivity index (χ0n) is 18.0. The van der Waals surface area contributed by atoms with Crippen LogP contribution < -0.4 is 5.32 Å². The number of rotatable bonds is 10. The molecule has 1 heterocycles. The number of benzene rings is 1. The second-order valence-corrected chi connectivity index (χ2v) is 8.39. The Bertz CT molecular complexity index is 767. The van der Waals surface area contributed by atoms with Crippen LogP contribution in [-0.4, -0.2) is 45.4 Å². The number of thioether (sulfide) groups is 1. The predicted octanol–water partition coefficient (Wildman–Crippen LogP) is 4.44. The SMILES string of the molecule is CCCCn1c(SCC(=O)Nc2cc(C)cc(C)c2)nnc1[C@@H](CC)N(C)C. The third-order valence-corrected chi connectivity index (χ3v) is 5.59. The van der Waals surface area contributed by atoms with Crippen molar-refractivity contribution < 1.29 is 4.79 Å². The summed E-state index contributed by atoms with van der Waals surface area (Å²) in [6, 6.07) is 6.29. The van der Waals surface area contributed by atoms with E-state index in [1.807, 2.05) is 26.0 Å². The van der Waals surface area contributed by atoms with E-state index in [4.69, 9.17) is 0 Å². The highest BCUT2D eigenvalue weighted by molar-refractivity contribution is 7.99. The van der Waals surface area contributed by atoms with Crippen molar-refractivity contribution in [3.63, 3.8) is 0 Å². The molecule has 0 spiro atoms. The lowest BCUT2D eigenvalue weighted by Crippen LogP contribution is -2.23. The van der Waals surface area contributed by atoms with E-state index in [-0.39, 0.29) is 11.9 Å². The molecule has 0 aliphatic heterocycles. The van der Waals surface area contributed by atoms with Crippen LogP contribution in [0.1, 0.15) is 56.1 Å². The molecule has 2 rings (SSSR count). The maximum Gasteiger partial charge on any atom is 0.234 e. The Hall–Kier alpha value is -1.86. The fourth-order valence-electron chi connectivity index (χ4n) is 3.33. The lowest BCUT2D eigenvalue weighted by molar-refractivity contribution is -0.113. The molecular formula is C21H33N5OS. The van der Waals surface area contributed by atoms with Gasteiger partial charge in [-0.1, -0.05) is 38.1 Å². The van der Waals surface area contributed by atoms with Crippen molar-refractivity contribution in [2.45, 2.75) is 64.7 Å². The number of nitrogens with one attached hydrogen (secondary N) is 1. The molecule has 1 aromatic heterocycles. The maximum atomic E-state index is 12.4. The highest BCUT2D eigenvalue weighted by atomic mass is 32.2. The van der Waals surface area contributed by atoms with Crippen molar-refractivity contribution in [1.82, 2.24) is 19.7 Å². The normalized spacial score (nSPS) is 12.4. The number of unbranched alkanes of at least 4 members (excludes halogenated alkanes) is 1. The van der Waals surface area contributed by atoms with Crippen molar-refractivity contribution in [3.8, 4) is 0 Å². The summed E-state index contributed by atoms with van der Waals surface area (Å²) in [5.41, 5.74) is 3.12. The van der Waals surface area contributed by atoms with Gasteiger partial charge in [0, 0.05) is 12.2 Å². The first kappa shape index (κ1) is 22.4. The van der Waals surface area contributed by atoms with Crippen LogP contribution in [0.15, 0.2) is 23.4 Å². The van der Waals surface area contributed by atoms with E-state index in [0.717, 1.165) is 53.6 Å². The maximum absolute atomic E-state index is 12.4. The summed E-state index contributed by atoms with van der Waals surface area (Å²) in [5.74, 6) is 1.27. The molecule has 0 bridgehead atoms. The van der Waals surface area contributed by atoms with E-state index in [9.17, 15) is 4.79 Å². The van der Waals surface area contributed by atoms with E-state index >= 15 is 0 Å². The number of amides is 1. The van der Waals surface area contributed by atoms with Gasteiger partial charge in [-0.2, -0.15) is 0 Å². The van der Waals surface area contributed by atoms with Gasteiger partial charge in [0.2, 0.25) is 5.91 Å². The lowest BCUT2D eigenvalue weighted by atomic mass is 10.1. The number of carbonyl (C=O) groups excluding carboxylic acids is 1. The summed E-state index contributed by atoms with van der Waals surface area (Å²) in [7, 11) is 4.13. The van der Waals surface area contributed by atoms with Crippen LogP contribution in [0.3, 0.4) is 0 Å². The molecule has 0 fully saturated rings. The Morgan fingerprint density at radius 1 is 1.18 bits per heavy atom. The molecule has 0 radical (unpaired) electrons. The van der Waals surface area contributed by atoms with Crippen LogP contribution in [0, 0.1) is 13.8 Å². The smallest absolute Gasteiger partial charge is 0.234 e. The Morgan fingerprint density at radius 3 is 2.43 bits per heavy atom. The quantitative estimate of drug-likeness (QED) is 0.594. The Balaban J connectivity index is 2.09. The molecule has 7 heteroatoms. The standard InChI is InChI=1S/C21H33N5OS/c1-7-9-10-26-20(18(8-2)25(5)6)23-24-21(26)28-14-19(27)22-17-12-15(3)11-16(4)13-17/h11-13,18H,7-10,14H2,1-6H3,(H,22,27)/t18-/m1/s1. The lowest BCUT2D eigenvalue weighted by Gasteiger charge is -2.23. The molecule has 1 N–H and O–H groups in total. The molecular weight excluding hydrogens is 370 g/mol. The molecule has 1 atom stereocenters. The van der Waals surface area contributed by atoms with Crippen LogP contribution in [-0.2, 0) is 11.3 Å². The van der Waals surface area contributed by atoms with Gasteiger partial charge in [0.05, 0.1) is 11.8 Å². The minimum Gasteiger partial charge on any atom is -0.325 e. The van der Waals surface area contributed by atoms with Gasteiger partial charge in [-0.3, -0.25) is 9.69 Å². The zero-order chi connectivity index (χ0) is 20.7. The molecule has 28 heavy (non-hydrogen) atoms. The molecule has 0 saturated carbocycles. The first-order valence-corrected chi connectivity index (χ1v) is 10.9. The molecule has 6 nitrogen and oxygen atoms in total. The summed E-state index contributed by atoms with van der Waals surface area (Å²) < 4.78 is 2.19. The van der Waals surface area contributed by atoms with Crippen LogP contribution >= 0.6 is 11.8 Å². The van der Waals surface area contributed by atoms with Gasteiger partial charge < -0.3 is 9.88 Å². The molecule has 1 aromatic carbocycles. The van der Waals surface area contributed by atoms with Gasteiger partial charge in [0.25, 0.3) is 0 Å². The largest absolute Gasteiger partial charge is 0.325 e. The monoisotopic (exact) mass is 403 g/mol. The van der Waals surface area contributed by atoms with Gasteiger partial charge in [-0.05, 0) is 64.0 Å². The first-order chi connectivity index (χ1) is 13.3. The van der Waals surface area contributed by atoms with E-state index in [1.54, 1.807) is 0 Å². The number of nitrogens with zero attached hydrogens (tertiary/aromatic N) is 4. The molecule has 0 unspecified atom stereocenters. The number of hydrogen-bond donors (Lipinski definition) is 1. The van der Waals surface area contributed by atoms with E-state index in [0.29, 0.717) is 5.75 Å². The van der Waals surface area contributed by atoms with Gasteiger partial charge in [0.15, 0.2) is 11.0 Å². The zero-order valence-corrected chi connectivity index (χ0v) is 18.8. The third kappa shape index (κ3) is 6.07. The average molecular weight is 404 g/mol. The van der Waals surface area contributed by atoms with Crippen molar-refractivity contribution in [2.75, 3.05) is 25.2 Å². The molecule has 2 aromatic rings. The number of hydrogen-bond acceptors (Lipinski definition) is 5. The Kier molecular flexibility index (Phi) is 8.51. The average Bonchev–Trinajstić information content (AvgIpc) is 3.00. The summed E-state index contributed by atoms with van der Waals surface area (Å²) in [6.07, 6.45) is 3.14. The number of aromatic nitrogens is 3. The first-order valence-electron chi connectivity index (χ1n) is 9.96. The highest BCUT2D eigenvalue weighted by Crippen LogP contribution is 2.26. The van der Waals surface area contributed by atoms with Gasteiger partial charge >= 0.3 is 0 Å². The number of anilines is 1. The predicted molar refractivity (Wildman–Crippen MR) is 117 cm³/mol. The molecule has 1 amide bonds. The minimum absolute atomic E-state index is 0.0266. The summed E-state index contributed by atoms with van der Waals surface area (Å²) in [5, 5.41) is 12.7. The number of carbonyl (C=O) groups is 1. The van der Waals surface area contributed by atoms with E-state index in [1.165, 1.54) is 11.8 Å². The topological polar surface area (TPSA) is 63.1 Å². The van der Waals surface area contributed by atoms with Crippen LogP contribution in [0.2, 0.25) is 0 Å². The van der Waals surface area contributed by atoms with Crippen LogP contribution in [0.25, 0.3) is 0 Å². The third-order valence-electron chi connectivity index (χ3n) is 4.63. The second kappa shape index (κ2) is 10.6. The van der Waals surface area contributed by atoms with Crippen molar-refractivity contribution >= 4 is 23.4 Å². The Labute approximate surface area is 173 Å². The van der Waals surface area contributed by atoms with Crippen molar-refractivity contribution in [1.29, 1.82) is 0 Å². The van der Waals surface area contributed by atoms with Crippen LogP contribution in [0.5, 0.6) is 0 Å². The van der Waals surface area contributed by atoms with Crippen molar-refractivity contribution in [3.05, 3.63) is 35.2 Å². The van der Waals surface area contributed by atoms with Crippen LogP contribution in [0.4, 0.5) is 5.69 Å². The fourth-order valence-corrected chi connectivity index (χ4v) is 4.10. The fraction of sp³-hybridized carbons (Fsp3) is 0.571. The molecule has 154 valence electrons. The Morgan fingerprint density at radius 2 is 1.86 bits per heavy atom. The highest BCUT2D eigenvalue weighted by Gasteiger charge is 2.22. The second-order valence-electron chi connectivity index (χ2n) is 7.45. The number of aryl methyl sites for hydroxylation is 2. The molecule has 0 aliphatic carbocycles. The van der Waals surface area contributed by atoms with Gasteiger partial charge in [-0.15, -0.1) is 10.2 Å². The molecule has 0 aliphatic rings. The minimum atomic E-state index is -0.0266. The van der Waals surface area contributed by atoms with Crippen molar-refractivity contribution in [2.24, 2.45) is 0 Å².